The summed E-state index contributed by atoms with van der Waals surface area (Å²) in [6.45, 7) is 3.62. The van der Waals surface area contributed by atoms with Crippen LogP contribution in [0.3, 0.4) is 0 Å². The topological polar surface area (TPSA) is 105 Å². The minimum absolute atomic E-state index is 0.102. The van der Waals surface area contributed by atoms with Crippen molar-refractivity contribution in [3.05, 3.63) is 0 Å². The lowest BCUT2D eigenvalue weighted by Crippen LogP contribution is -2.55. The van der Waals surface area contributed by atoms with Gasteiger partial charge in [0.2, 0.25) is 5.91 Å². The first kappa shape index (κ1) is 14.8. The van der Waals surface area contributed by atoms with Crippen molar-refractivity contribution >= 4 is 17.8 Å². The highest BCUT2D eigenvalue weighted by molar-refractivity contribution is 6.07. The maximum absolute atomic E-state index is 12.1. The molecule has 2 saturated heterocycles. The van der Waals surface area contributed by atoms with Crippen LogP contribution in [0.15, 0.2) is 0 Å². The highest BCUT2D eigenvalue weighted by atomic mass is 16.2. The lowest BCUT2D eigenvalue weighted by molar-refractivity contribution is -0.136. The second-order valence-corrected chi connectivity index (χ2v) is 5.75. The van der Waals surface area contributed by atoms with Crippen molar-refractivity contribution in [3.63, 3.8) is 0 Å². The first-order valence-corrected chi connectivity index (χ1v) is 7.08. The molecule has 2 fully saturated rings. The van der Waals surface area contributed by atoms with Gasteiger partial charge in [0.15, 0.2) is 0 Å². The van der Waals surface area contributed by atoms with Crippen LogP contribution in [-0.2, 0) is 9.59 Å². The second-order valence-electron chi connectivity index (χ2n) is 5.75. The fraction of sp³-hybridized carbons (Fsp3) is 0.769. The van der Waals surface area contributed by atoms with Gasteiger partial charge in [-0.25, -0.2) is 4.79 Å². The molecule has 2 heterocycles. The number of amides is 4. The van der Waals surface area contributed by atoms with Gasteiger partial charge in [0, 0.05) is 19.5 Å². The van der Waals surface area contributed by atoms with Gasteiger partial charge < -0.3 is 16.0 Å². The van der Waals surface area contributed by atoms with Crippen LogP contribution in [0.5, 0.6) is 0 Å². The van der Waals surface area contributed by atoms with Gasteiger partial charge in [-0.05, 0) is 31.7 Å². The maximum atomic E-state index is 12.1. The van der Waals surface area contributed by atoms with Gasteiger partial charge >= 0.3 is 6.03 Å². The zero-order valence-corrected chi connectivity index (χ0v) is 11.8. The second kappa shape index (κ2) is 5.78. The molecular weight excluding hydrogens is 260 g/mol. The highest BCUT2D eigenvalue weighted by Crippen LogP contribution is 2.26. The first-order chi connectivity index (χ1) is 9.47. The molecule has 4 amide bonds. The van der Waals surface area contributed by atoms with Crippen LogP contribution < -0.4 is 16.4 Å². The van der Waals surface area contributed by atoms with Gasteiger partial charge in [0.05, 0.1) is 0 Å². The fourth-order valence-corrected chi connectivity index (χ4v) is 2.66. The van der Waals surface area contributed by atoms with E-state index >= 15 is 0 Å². The molecule has 112 valence electrons. The summed E-state index contributed by atoms with van der Waals surface area (Å²) in [7, 11) is 0. The molecule has 0 bridgehead atoms. The van der Waals surface area contributed by atoms with E-state index in [0.29, 0.717) is 44.8 Å². The van der Waals surface area contributed by atoms with Gasteiger partial charge in [-0.3, -0.25) is 14.9 Å². The molecule has 2 rings (SSSR count). The van der Waals surface area contributed by atoms with E-state index in [1.807, 2.05) is 6.92 Å². The summed E-state index contributed by atoms with van der Waals surface area (Å²) in [5.74, 6) is 0.172. The Bertz CT molecular complexity index is 416. The van der Waals surface area contributed by atoms with Crippen LogP contribution in [0.2, 0.25) is 0 Å². The zero-order chi connectivity index (χ0) is 14.8. The number of imide groups is 1. The number of nitrogens with zero attached hydrogens (tertiary/aromatic N) is 1. The largest absolute Gasteiger partial charge is 0.342 e. The number of rotatable bonds is 4. The van der Waals surface area contributed by atoms with Crippen molar-refractivity contribution in [2.45, 2.75) is 38.1 Å². The Morgan fingerprint density at radius 2 is 2.05 bits per heavy atom. The number of carbonyl (C=O) groups excluding carboxylic acids is 3. The third-order valence-electron chi connectivity index (χ3n) is 4.24. The van der Waals surface area contributed by atoms with Gasteiger partial charge in [0.25, 0.3) is 5.91 Å². The standard InChI is InChI=1S/C13H22N4O3/c1-9(8-14)2-3-10(18)17-6-4-13(5-7-17)11(19)15-12(20)16-13/h9H,2-8,14H2,1H3,(H2,15,16,19,20). The smallest absolute Gasteiger partial charge is 0.322 e. The van der Waals surface area contributed by atoms with Gasteiger partial charge in [-0.15, -0.1) is 0 Å². The summed E-state index contributed by atoms with van der Waals surface area (Å²) < 4.78 is 0. The Hall–Kier alpha value is -1.63. The molecule has 1 unspecified atom stereocenters. The van der Waals surface area contributed by atoms with Crippen LogP contribution in [-0.4, -0.2) is 47.9 Å². The molecule has 0 aromatic carbocycles. The number of hydrogen-bond acceptors (Lipinski definition) is 4. The average Bonchev–Trinajstić information content (AvgIpc) is 2.70. The number of urea groups is 1. The van der Waals surface area contributed by atoms with Crippen LogP contribution >= 0.6 is 0 Å². The number of likely N-dealkylation sites (tertiary alicyclic amines) is 1. The molecule has 7 nitrogen and oxygen atoms in total. The summed E-state index contributed by atoms with van der Waals surface area (Å²) in [4.78, 5) is 36.8. The predicted octanol–water partition coefficient (Wildman–Crippen LogP) is -0.438. The van der Waals surface area contributed by atoms with Gasteiger partial charge in [-0.1, -0.05) is 6.92 Å². The van der Waals surface area contributed by atoms with E-state index in [0.717, 1.165) is 6.42 Å². The van der Waals surface area contributed by atoms with Crippen molar-refractivity contribution in [1.29, 1.82) is 0 Å². The lowest BCUT2D eigenvalue weighted by atomic mass is 9.87. The molecule has 7 heteroatoms. The van der Waals surface area contributed by atoms with E-state index in [4.69, 9.17) is 5.73 Å². The Labute approximate surface area is 118 Å². The van der Waals surface area contributed by atoms with Gasteiger partial charge in [0.1, 0.15) is 5.54 Å². The molecule has 0 radical (unpaired) electrons. The van der Waals surface area contributed by atoms with E-state index in [1.54, 1.807) is 4.90 Å². The van der Waals surface area contributed by atoms with E-state index in [9.17, 15) is 14.4 Å². The van der Waals surface area contributed by atoms with Crippen LogP contribution in [0, 0.1) is 5.92 Å². The normalized spacial score (nSPS) is 22.6. The molecule has 1 spiro atoms. The minimum Gasteiger partial charge on any atom is -0.342 e. The van der Waals surface area contributed by atoms with Crippen molar-refractivity contribution in [3.8, 4) is 0 Å². The van der Waals surface area contributed by atoms with Crippen molar-refractivity contribution in [1.82, 2.24) is 15.5 Å². The molecule has 1 atom stereocenters. The van der Waals surface area contributed by atoms with Gasteiger partial charge in [-0.2, -0.15) is 0 Å². The monoisotopic (exact) mass is 282 g/mol. The quantitative estimate of drug-likeness (QED) is 0.608. The molecule has 2 aliphatic heterocycles. The van der Waals surface area contributed by atoms with Crippen LogP contribution in [0.1, 0.15) is 32.6 Å². The molecule has 20 heavy (non-hydrogen) atoms. The molecule has 0 aromatic rings. The lowest BCUT2D eigenvalue weighted by Gasteiger charge is -2.37. The number of nitrogens with one attached hydrogen (secondary N) is 2. The number of piperidine rings is 1. The Kier molecular flexibility index (Phi) is 4.27. The summed E-state index contributed by atoms with van der Waals surface area (Å²) in [6.07, 6.45) is 2.23. The maximum Gasteiger partial charge on any atom is 0.322 e. The predicted molar refractivity (Wildman–Crippen MR) is 72.7 cm³/mol. The first-order valence-electron chi connectivity index (χ1n) is 7.08. The van der Waals surface area contributed by atoms with Crippen LogP contribution in [0.4, 0.5) is 4.79 Å². The number of hydrogen-bond donors (Lipinski definition) is 3. The summed E-state index contributed by atoms with van der Waals surface area (Å²) in [5, 5.41) is 4.95. The van der Waals surface area contributed by atoms with E-state index in [2.05, 4.69) is 10.6 Å². The summed E-state index contributed by atoms with van der Waals surface area (Å²) in [6, 6.07) is -0.438. The van der Waals surface area contributed by atoms with Crippen molar-refractivity contribution in [2.24, 2.45) is 11.7 Å². The van der Waals surface area contributed by atoms with Crippen molar-refractivity contribution in [2.75, 3.05) is 19.6 Å². The molecule has 4 N–H and O–H groups in total. The third-order valence-corrected chi connectivity index (χ3v) is 4.24. The molecular formula is C13H22N4O3. The summed E-state index contributed by atoms with van der Waals surface area (Å²) >= 11 is 0. The third kappa shape index (κ3) is 2.92. The minimum atomic E-state index is -0.807. The Morgan fingerprint density at radius 1 is 1.40 bits per heavy atom. The number of carbonyl (C=O) groups is 3. The van der Waals surface area contributed by atoms with E-state index in [-0.39, 0.29) is 11.8 Å². The van der Waals surface area contributed by atoms with Crippen molar-refractivity contribution < 1.29 is 14.4 Å². The van der Waals surface area contributed by atoms with Crippen LogP contribution in [0.25, 0.3) is 0 Å². The summed E-state index contributed by atoms with van der Waals surface area (Å²) in [5.41, 5.74) is 4.73. The Morgan fingerprint density at radius 3 is 2.55 bits per heavy atom. The molecule has 2 aliphatic rings. The SMILES string of the molecule is CC(CN)CCC(=O)N1CCC2(CC1)NC(=O)NC2=O. The van der Waals surface area contributed by atoms with E-state index in [1.165, 1.54) is 0 Å². The fourth-order valence-electron chi connectivity index (χ4n) is 2.66. The average molecular weight is 282 g/mol. The molecule has 0 aromatic heterocycles. The van der Waals surface area contributed by atoms with E-state index < -0.39 is 11.6 Å². The highest BCUT2D eigenvalue weighted by Gasteiger charge is 2.48. The molecule has 0 saturated carbocycles. The Balaban J connectivity index is 1.83. The zero-order valence-electron chi connectivity index (χ0n) is 11.8. The number of nitrogens with two attached hydrogens (primary N) is 1. The molecule has 0 aliphatic carbocycles.